The molecule has 0 fully saturated rings. The van der Waals surface area contributed by atoms with Crippen molar-refractivity contribution in [1.29, 1.82) is 0 Å². The highest BCUT2D eigenvalue weighted by Crippen LogP contribution is 2.51. The number of hydrogen-bond donors (Lipinski definition) is 0. The largest absolute Gasteiger partial charge is 0.363 e. The molecule has 126 valence electrons. The first-order valence-corrected chi connectivity index (χ1v) is 9.85. The summed E-state index contributed by atoms with van der Waals surface area (Å²) in [6.45, 7) is 8.59. The molecule has 0 unspecified atom stereocenters. The van der Waals surface area contributed by atoms with E-state index in [0.717, 1.165) is 12.7 Å². The molecule has 0 saturated carbocycles. The first-order valence-electron chi connectivity index (χ1n) is 6.90. The van der Waals surface area contributed by atoms with E-state index in [9.17, 15) is 13.0 Å². The molecule has 1 rings (SSSR count). The van der Waals surface area contributed by atoms with E-state index in [1.54, 1.807) is 40.7 Å². The standard InChI is InChI=1S/C14H23O6PS/c1-10(2)19-21(15,20-11(3)4)13-9-12(5)7-8-14(13)22(16,17)18-6/h7-11H,1-6H3. The van der Waals surface area contributed by atoms with Crippen LogP contribution < -0.4 is 5.30 Å². The molecule has 0 amide bonds. The molecule has 0 saturated heterocycles. The molecule has 0 heterocycles. The Morgan fingerprint density at radius 3 is 1.95 bits per heavy atom. The van der Waals surface area contributed by atoms with E-state index in [-0.39, 0.29) is 10.2 Å². The van der Waals surface area contributed by atoms with Crippen LogP contribution in [-0.2, 0) is 27.9 Å². The average molecular weight is 350 g/mol. The lowest BCUT2D eigenvalue weighted by Crippen LogP contribution is -2.23. The quantitative estimate of drug-likeness (QED) is 0.556. The van der Waals surface area contributed by atoms with Gasteiger partial charge in [0.25, 0.3) is 10.1 Å². The Kier molecular flexibility index (Phi) is 6.36. The summed E-state index contributed by atoms with van der Waals surface area (Å²) in [5.74, 6) is 0. The second kappa shape index (κ2) is 7.23. The molecule has 0 spiro atoms. The van der Waals surface area contributed by atoms with E-state index in [0.29, 0.717) is 0 Å². The van der Waals surface area contributed by atoms with Crippen LogP contribution in [0.4, 0.5) is 0 Å². The average Bonchev–Trinajstić information content (AvgIpc) is 2.36. The summed E-state index contributed by atoms with van der Waals surface area (Å²) in [7, 11) is -6.80. The summed E-state index contributed by atoms with van der Waals surface area (Å²) in [6, 6.07) is 4.45. The van der Waals surface area contributed by atoms with Gasteiger partial charge in [-0.05, 0) is 46.8 Å². The van der Waals surface area contributed by atoms with Crippen molar-refractivity contribution < 1.29 is 26.2 Å². The molecule has 1 aromatic rings. The predicted molar refractivity (Wildman–Crippen MR) is 85.1 cm³/mol. The van der Waals surface area contributed by atoms with Gasteiger partial charge >= 0.3 is 7.60 Å². The predicted octanol–water partition coefficient (Wildman–Crippen LogP) is 3.00. The van der Waals surface area contributed by atoms with Gasteiger partial charge in [0.15, 0.2) is 0 Å². The molecule has 0 radical (unpaired) electrons. The third-order valence-corrected chi connectivity index (χ3v) is 6.44. The number of rotatable bonds is 7. The zero-order valence-electron chi connectivity index (χ0n) is 13.7. The molecule has 0 N–H and O–H groups in total. The minimum absolute atomic E-state index is 0.00301. The minimum atomic E-state index is -4.03. The summed E-state index contributed by atoms with van der Waals surface area (Å²) < 4.78 is 52.9. The lowest BCUT2D eigenvalue weighted by Gasteiger charge is -2.24. The molecule has 8 heteroatoms. The second-order valence-electron chi connectivity index (χ2n) is 5.40. The van der Waals surface area contributed by atoms with Crippen LogP contribution in [0.15, 0.2) is 23.1 Å². The molecule has 1 aromatic carbocycles. The van der Waals surface area contributed by atoms with E-state index in [2.05, 4.69) is 4.18 Å². The summed E-state index contributed by atoms with van der Waals surface area (Å²) in [6.07, 6.45) is -0.800. The van der Waals surface area contributed by atoms with Crippen molar-refractivity contribution in [3.05, 3.63) is 23.8 Å². The molecular formula is C14H23O6PS. The van der Waals surface area contributed by atoms with Crippen LogP contribution in [0.1, 0.15) is 33.3 Å². The van der Waals surface area contributed by atoms with Gasteiger partial charge in [-0.25, -0.2) is 0 Å². The van der Waals surface area contributed by atoms with Crippen molar-refractivity contribution in [3.63, 3.8) is 0 Å². The van der Waals surface area contributed by atoms with E-state index in [4.69, 9.17) is 9.05 Å². The lowest BCUT2D eigenvalue weighted by atomic mass is 10.2. The molecule has 0 aliphatic carbocycles. The fourth-order valence-electron chi connectivity index (χ4n) is 1.84. The SMILES string of the molecule is COS(=O)(=O)c1ccc(C)cc1P(=O)(OC(C)C)OC(C)C. The molecule has 0 aromatic heterocycles. The second-order valence-corrected chi connectivity index (χ2v) is 8.98. The highest BCUT2D eigenvalue weighted by molar-refractivity contribution is 7.87. The normalized spacial score (nSPS) is 13.1. The van der Waals surface area contributed by atoms with Crippen molar-refractivity contribution in [2.24, 2.45) is 0 Å². The monoisotopic (exact) mass is 350 g/mol. The van der Waals surface area contributed by atoms with Gasteiger partial charge in [0.05, 0.1) is 24.6 Å². The van der Waals surface area contributed by atoms with E-state index in [1.807, 2.05) is 0 Å². The highest BCUT2D eigenvalue weighted by Gasteiger charge is 2.36. The third kappa shape index (κ3) is 4.64. The Labute approximate surface area is 132 Å². The van der Waals surface area contributed by atoms with Crippen LogP contribution >= 0.6 is 7.60 Å². The molecule has 0 aliphatic heterocycles. The maximum Gasteiger partial charge on any atom is 0.363 e. The summed E-state index contributed by atoms with van der Waals surface area (Å²) in [4.78, 5) is -0.203. The molecular weight excluding hydrogens is 327 g/mol. The Morgan fingerprint density at radius 1 is 1.05 bits per heavy atom. The maximum atomic E-state index is 13.2. The Hall–Kier alpha value is -0.720. The van der Waals surface area contributed by atoms with Crippen LogP contribution in [0.2, 0.25) is 0 Å². The fraction of sp³-hybridized carbons (Fsp3) is 0.571. The fourth-order valence-corrected chi connectivity index (χ4v) is 5.33. The van der Waals surface area contributed by atoms with Crippen molar-refractivity contribution in [2.45, 2.75) is 51.7 Å². The smallest absolute Gasteiger partial charge is 0.302 e. The van der Waals surface area contributed by atoms with Crippen LogP contribution in [0, 0.1) is 6.92 Å². The summed E-state index contributed by atoms with van der Waals surface area (Å²) in [5.41, 5.74) is 0.741. The van der Waals surface area contributed by atoms with Crippen molar-refractivity contribution in [2.75, 3.05) is 7.11 Å². The zero-order valence-corrected chi connectivity index (χ0v) is 15.4. The van der Waals surface area contributed by atoms with Crippen molar-refractivity contribution in [1.82, 2.24) is 0 Å². The highest BCUT2D eigenvalue weighted by atomic mass is 32.2. The van der Waals surface area contributed by atoms with Crippen molar-refractivity contribution in [3.8, 4) is 0 Å². The van der Waals surface area contributed by atoms with Gasteiger partial charge in [0.1, 0.15) is 4.90 Å². The van der Waals surface area contributed by atoms with Gasteiger partial charge in [0.2, 0.25) is 0 Å². The van der Waals surface area contributed by atoms with Crippen LogP contribution in [0.5, 0.6) is 0 Å². The van der Waals surface area contributed by atoms with E-state index < -0.39 is 29.9 Å². The summed E-state index contributed by atoms with van der Waals surface area (Å²) in [5, 5.41) is -0.00301. The van der Waals surface area contributed by atoms with E-state index in [1.165, 1.54) is 12.1 Å². The third-order valence-electron chi connectivity index (χ3n) is 2.60. The van der Waals surface area contributed by atoms with Gasteiger partial charge in [-0.3, -0.25) is 8.75 Å². The molecule has 22 heavy (non-hydrogen) atoms. The first-order chi connectivity index (χ1) is 10.0. The van der Waals surface area contributed by atoms with Crippen LogP contribution in [-0.4, -0.2) is 27.7 Å². The van der Waals surface area contributed by atoms with Gasteiger partial charge in [-0.15, -0.1) is 0 Å². The molecule has 6 nitrogen and oxygen atoms in total. The van der Waals surface area contributed by atoms with Gasteiger partial charge < -0.3 is 9.05 Å². The maximum absolute atomic E-state index is 13.2. The Bertz CT molecular complexity index is 652. The molecule has 0 atom stereocenters. The van der Waals surface area contributed by atoms with Crippen LogP contribution in [0.25, 0.3) is 0 Å². The van der Waals surface area contributed by atoms with Gasteiger partial charge in [-0.2, -0.15) is 8.42 Å². The minimum Gasteiger partial charge on any atom is -0.302 e. The zero-order chi connectivity index (χ0) is 17.1. The topological polar surface area (TPSA) is 78.9 Å². The first kappa shape index (κ1) is 19.3. The summed E-state index contributed by atoms with van der Waals surface area (Å²) >= 11 is 0. The van der Waals surface area contributed by atoms with Crippen molar-refractivity contribution >= 4 is 23.0 Å². The Morgan fingerprint density at radius 2 is 1.55 bits per heavy atom. The molecule has 0 bridgehead atoms. The number of benzene rings is 1. The number of hydrogen-bond acceptors (Lipinski definition) is 6. The number of aryl methyl sites for hydroxylation is 1. The van der Waals surface area contributed by atoms with Crippen LogP contribution in [0.3, 0.4) is 0 Å². The van der Waals surface area contributed by atoms with Gasteiger partial charge in [0, 0.05) is 0 Å². The van der Waals surface area contributed by atoms with Gasteiger partial charge in [-0.1, -0.05) is 11.6 Å². The van der Waals surface area contributed by atoms with E-state index >= 15 is 0 Å². The Balaban J connectivity index is 3.60. The molecule has 0 aliphatic rings. The lowest BCUT2D eigenvalue weighted by molar-refractivity contribution is 0.149.